The first-order chi connectivity index (χ1) is 8.54. The van der Waals surface area contributed by atoms with Crippen molar-refractivity contribution in [1.82, 2.24) is 4.90 Å². The van der Waals surface area contributed by atoms with Crippen LogP contribution in [0.5, 0.6) is 0 Å². The lowest BCUT2D eigenvalue weighted by Gasteiger charge is -2.39. The minimum absolute atomic E-state index is 0.0513. The second-order valence-electron chi connectivity index (χ2n) is 5.77. The zero-order valence-electron chi connectivity index (χ0n) is 11.3. The first-order valence-electron chi connectivity index (χ1n) is 6.22. The molecule has 0 unspecified atom stereocenters. The third kappa shape index (κ3) is 4.56. The summed E-state index contributed by atoms with van der Waals surface area (Å²) in [4.78, 5) is 13.0. The number of carbonyl (C=O) groups is 1. The van der Waals surface area contributed by atoms with Gasteiger partial charge in [-0.3, -0.25) is 0 Å². The summed E-state index contributed by atoms with van der Waals surface area (Å²) in [6.07, 6.45) is -5.39. The van der Waals surface area contributed by atoms with Crippen molar-refractivity contribution in [2.75, 3.05) is 13.2 Å². The van der Waals surface area contributed by atoms with Gasteiger partial charge >= 0.3 is 12.3 Å². The molecule has 0 saturated carbocycles. The third-order valence-corrected chi connectivity index (χ3v) is 3.02. The number of rotatable bonds is 1. The molecule has 1 rings (SSSR count). The summed E-state index contributed by atoms with van der Waals surface area (Å²) in [6, 6.07) is -0.838. The average molecular weight is 283 g/mol. The highest BCUT2D eigenvalue weighted by atomic mass is 19.4. The van der Waals surface area contributed by atoms with Gasteiger partial charge in [-0.25, -0.2) is 4.79 Å². The van der Waals surface area contributed by atoms with Crippen molar-refractivity contribution < 1.29 is 27.8 Å². The number of hydrogen-bond donors (Lipinski definition) is 1. The van der Waals surface area contributed by atoms with Crippen LogP contribution in [0, 0.1) is 5.92 Å². The molecule has 0 spiro atoms. The molecule has 4 nitrogen and oxygen atoms in total. The normalized spacial score (nSPS) is 25.3. The second-order valence-corrected chi connectivity index (χ2v) is 5.77. The predicted octanol–water partition coefficient (Wildman–Crippen LogP) is 2.56. The average Bonchev–Trinajstić information content (AvgIpc) is 2.24. The summed E-state index contributed by atoms with van der Waals surface area (Å²) in [6.45, 7) is 4.50. The minimum atomic E-state index is -4.28. The number of aliphatic hydroxyl groups is 1. The van der Waals surface area contributed by atoms with Gasteiger partial charge in [-0.05, 0) is 33.6 Å². The lowest BCUT2D eigenvalue weighted by atomic mass is 9.91. The van der Waals surface area contributed by atoms with Gasteiger partial charge in [0.25, 0.3) is 0 Å². The Labute approximate surface area is 110 Å². The summed E-state index contributed by atoms with van der Waals surface area (Å²) >= 11 is 0. The number of alkyl halides is 3. The van der Waals surface area contributed by atoms with Crippen molar-refractivity contribution in [2.24, 2.45) is 5.92 Å². The maximum atomic E-state index is 12.6. The van der Waals surface area contributed by atoms with Gasteiger partial charge in [0, 0.05) is 6.54 Å². The van der Waals surface area contributed by atoms with Gasteiger partial charge in [-0.15, -0.1) is 0 Å². The van der Waals surface area contributed by atoms with Crippen molar-refractivity contribution in [3.63, 3.8) is 0 Å². The van der Waals surface area contributed by atoms with Gasteiger partial charge in [0.1, 0.15) is 5.60 Å². The number of hydrogen-bond acceptors (Lipinski definition) is 3. The van der Waals surface area contributed by atoms with E-state index in [4.69, 9.17) is 4.74 Å². The van der Waals surface area contributed by atoms with Crippen LogP contribution in [0.25, 0.3) is 0 Å². The summed E-state index contributed by atoms with van der Waals surface area (Å²) in [5.41, 5.74) is -0.710. The second kappa shape index (κ2) is 5.56. The zero-order chi connectivity index (χ0) is 14.8. The van der Waals surface area contributed by atoms with E-state index in [9.17, 15) is 23.1 Å². The molecule has 2 atom stereocenters. The van der Waals surface area contributed by atoms with Crippen molar-refractivity contribution in [2.45, 2.75) is 51.4 Å². The Morgan fingerprint density at radius 1 is 1.37 bits per heavy atom. The maximum absolute atomic E-state index is 12.6. The van der Waals surface area contributed by atoms with E-state index in [0.717, 1.165) is 0 Å². The standard InChI is InChI=1S/C12H20F3NO3/c1-11(2,3)19-10(18)16-5-4-8(12(13,14)15)6-9(16)7-17/h8-9,17H,4-7H2,1-3H3/t8-,9+/m1/s1. The van der Waals surface area contributed by atoms with Gasteiger partial charge in [0.2, 0.25) is 0 Å². The number of aliphatic hydroxyl groups excluding tert-OH is 1. The quantitative estimate of drug-likeness (QED) is 0.804. The molecule has 1 fully saturated rings. The Balaban J connectivity index is 2.70. The van der Waals surface area contributed by atoms with Crippen LogP contribution < -0.4 is 0 Å². The van der Waals surface area contributed by atoms with Crippen LogP contribution in [0.2, 0.25) is 0 Å². The maximum Gasteiger partial charge on any atom is 0.410 e. The summed E-state index contributed by atoms with van der Waals surface area (Å²) in [5, 5.41) is 9.18. The van der Waals surface area contributed by atoms with Crippen LogP contribution in [0.4, 0.5) is 18.0 Å². The molecular formula is C12H20F3NO3. The molecule has 0 aromatic rings. The van der Waals surface area contributed by atoms with Gasteiger partial charge in [0.15, 0.2) is 0 Å². The Morgan fingerprint density at radius 3 is 2.37 bits per heavy atom. The van der Waals surface area contributed by atoms with E-state index in [1.807, 2.05) is 0 Å². The highest BCUT2D eigenvalue weighted by Crippen LogP contribution is 2.36. The molecule has 0 aromatic carbocycles. The molecule has 1 amide bonds. The summed E-state index contributed by atoms with van der Waals surface area (Å²) in [5.74, 6) is -1.47. The highest BCUT2D eigenvalue weighted by Gasteiger charge is 2.45. The van der Waals surface area contributed by atoms with Gasteiger partial charge < -0.3 is 14.7 Å². The van der Waals surface area contributed by atoms with E-state index in [1.165, 1.54) is 4.90 Å². The lowest BCUT2D eigenvalue weighted by Crippen LogP contribution is -2.51. The molecule has 0 aliphatic carbocycles. The number of ether oxygens (including phenoxy) is 1. The first kappa shape index (κ1) is 16.1. The SMILES string of the molecule is CC(C)(C)OC(=O)N1CC[C@@H](C(F)(F)F)C[C@H]1CO. The van der Waals surface area contributed by atoms with Gasteiger partial charge in [-0.1, -0.05) is 0 Å². The number of likely N-dealkylation sites (tertiary alicyclic amines) is 1. The number of carbonyl (C=O) groups excluding carboxylic acids is 1. The fourth-order valence-corrected chi connectivity index (χ4v) is 2.08. The smallest absolute Gasteiger partial charge is 0.410 e. The van der Waals surface area contributed by atoms with E-state index in [-0.39, 0.29) is 19.4 Å². The van der Waals surface area contributed by atoms with E-state index in [2.05, 4.69) is 0 Å². The number of halogens is 3. The molecule has 1 aliphatic heterocycles. The predicted molar refractivity (Wildman–Crippen MR) is 62.6 cm³/mol. The van der Waals surface area contributed by atoms with Gasteiger partial charge in [-0.2, -0.15) is 13.2 Å². The fourth-order valence-electron chi connectivity index (χ4n) is 2.08. The fraction of sp³-hybridized carbons (Fsp3) is 0.917. The Morgan fingerprint density at radius 2 is 1.95 bits per heavy atom. The molecule has 0 bridgehead atoms. The molecule has 1 saturated heterocycles. The summed E-state index contributed by atoms with van der Waals surface area (Å²) < 4.78 is 43.0. The van der Waals surface area contributed by atoms with Crippen molar-refractivity contribution >= 4 is 6.09 Å². The molecule has 7 heteroatoms. The number of amides is 1. The van der Waals surface area contributed by atoms with Crippen molar-refractivity contribution in [3.05, 3.63) is 0 Å². The van der Waals surface area contributed by atoms with Crippen LogP contribution in [-0.4, -0.2) is 47.1 Å². The number of piperidine rings is 1. The van der Waals surface area contributed by atoms with E-state index in [1.54, 1.807) is 20.8 Å². The molecular weight excluding hydrogens is 263 g/mol. The van der Waals surface area contributed by atoms with Crippen LogP contribution in [0.1, 0.15) is 33.6 Å². The molecule has 1 N–H and O–H groups in total. The van der Waals surface area contributed by atoms with Gasteiger partial charge in [0.05, 0.1) is 18.6 Å². The largest absolute Gasteiger partial charge is 0.444 e. The topological polar surface area (TPSA) is 49.8 Å². The summed E-state index contributed by atoms with van der Waals surface area (Å²) in [7, 11) is 0. The highest BCUT2D eigenvalue weighted by molar-refractivity contribution is 5.68. The molecule has 112 valence electrons. The van der Waals surface area contributed by atoms with Crippen LogP contribution in [-0.2, 0) is 4.74 Å². The monoisotopic (exact) mass is 283 g/mol. The lowest BCUT2D eigenvalue weighted by molar-refractivity contribution is -0.190. The molecule has 0 radical (unpaired) electrons. The zero-order valence-corrected chi connectivity index (χ0v) is 11.3. The molecule has 1 aliphatic rings. The minimum Gasteiger partial charge on any atom is -0.444 e. The van der Waals surface area contributed by atoms with E-state index < -0.39 is 36.4 Å². The molecule has 19 heavy (non-hydrogen) atoms. The Hall–Kier alpha value is -0.980. The third-order valence-electron chi connectivity index (χ3n) is 3.02. The van der Waals surface area contributed by atoms with Crippen LogP contribution >= 0.6 is 0 Å². The first-order valence-corrected chi connectivity index (χ1v) is 6.22. The molecule has 1 heterocycles. The number of nitrogens with zero attached hydrogens (tertiary/aromatic N) is 1. The van der Waals surface area contributed by atoms with Crippen LogP contribution in [0.15, 0.2) is 0 Å². The van der Waals surface area contributed by atoms with E-state index >= 15 is 0 Å². The van der Waals surface area contributed by atoms with E-state index in [0.29, 0.717) is 0 Å². The Bertz CT molecular complexity index is 325. The van der Waals surface area contributed by atoms with Crippen LogP contribution in [0.3, 0.4) is 0 Å². The van der Waals surface area contributed by atoms with Crippen molar-refractivity contribution in [3.8, 4) is 0 Å². The molecule has 0 aromatic heterocycles. The Kier molecular flexibility index (Phi) is 4.71. The van der Waals surface area contributed by atoms with Crippen molar-refractivity contribution in [1.29, 1.82) is 0 Å².